The molecule has 0 saturated heterocycles. The normalized spacial score (nSPS) is 12.5. The molecule has 1 atom stereocenters. The number of nitrogens with one attached hydrogen (secondary N) is 1. The molecular weight excluding hydrogens is 333 g/mol. The zero-order chi connectivity index (χ0) is 18.7. The van der Waals surface area contributed by atoms with Gasteiger partial charge in [-0.05, 0) is 41.3 Å². The first-order valence-electron chi connectivity index (χ1n) is 8.57. The van der Waals surface area contributed by atoms with Crippen LogP contribution in [0.5, 0.6) is 5.75 Å². The van der Waals surface area contributed by atoms with Gasteiger partial charge in [0.2, 0.25) is 0 Å². The lowest BCUT2D eigenvalue weighted by Gasteiger charge is -2.23. The summed E-state index contributed by atoms with van der Waals surface area (Å²) in [5.74, 6) is 0.681. The van der Waals surface area contributed by atoms with Gasteiger partial charge in [0.25, 0.3) is 0 Å². The van der Waals surface area contributed by atoms with Crippen molar-refractivity contribution < 1.29 is 13.5 Å². The summed E-state index contributed by atoms with van der Waals surface area (Å²) in [6.07, 6.45) is 0. The second-order valence-electron chi connectivity index (χ2n) is 6.61. The van der Waals surface area contributed by atoms with Crippen LogP contribution in [0.4, 0.5) is 4.39 Å². The van der Waals surface area contributed by atoms with Gasteiger partial charge in [-0.1, -0.05) is 26.0 Å². The molecule has 5 heteroatoms. The average molecular weight is 355 g/mol. The SMILES string of the molecule is COc1ccc2c(CN[C@H](c3ccc(F)cc3)C(C)C)cc(=O)oc2c1. The van der Waals surface area contributed by atoms with E-state index < -0.39 is 5.63 Å². The van der Waals surface area contributed by atoms with Crippen LogP contribution in [0.15, 0.2) is 57.7 Å². The van der Waals surface area contributed by atoms with Crippen molar-refractivity contribution in [3.63, 3.8) is 0 Å². The highest BCUT2D eigenvalue weighted by Crippen LogP contribution is 2.25. The van der Waals surface area contributed by atoms with Crippen molar-refractivity contribution in [1.82, 2.24) is 5.32 Å². The monoisotopic (exact) mass is 355 g/mol. The van der Waals surface area contributed by atoms with E-state index in [1.54, 1.807) is 25.3 Å². The van der Waals surface area contributed by atoms with E-state index in [9.17, 15) is 9.18 Å². The van der Waals surface area contributed by atoms with Crippen LogP contribution in [-0.4, -0.2) is 7.11 Å². The summed E-state index contributed by atoms with van der Waals surface area (Å²) in [4.78, 5) is 11.9. The van der Waals surface area contributed by atoms with Gasteiger partial charge in [0.15, 0.2) is 0 Å². The Balaban J connectivity index is 1.89. The third-order valence-electron chi connectivity index (χ3n) is 4.45. The maximum atomic E-state index is 13.2. The summed E-state index contributed by atoms with van der Waals surface area (Å²) >= 11 is 0. The minimum absolute atomic E-state index is 0.0381. The van der Waals surface area contributed by atoms with Gasteiger partial charge in [0.1, 0.15) is 17.1 Å². The molecule has 0 fully saturated rings. The van der Waals surface area contributed by atoms with Gasteiger partial charge in [0, 0.05) is 30.1 Å². The van der Waals surface area contributed by atoms with E-state index in [-0.39, 0.29) is 11.9 Å². The summed E-state index contributed by atoms with van der Waals surface area (Å²) in [5, 5.41) is 4.35. The van der Waals surface area contributed by atoms with Crippen molar-refractivity contribution in [1.29, 1.82) is 0 Å². The van der Waals surface area contributed by atoms with Gasteiger partial charge in [-0.2, -0.15) is 0 Å². The van der Waals surface area contributed by atoms with Crippen molar-refractivity contribution in [2.75, 3.05) is 7.11 Å². The fraction of sp³-hybridized carbons (Fsp3) is 0.286. The molecule has 3 aromatic rings. The van der Waals surface area contributed by atoms with Crippen LogP contribution in [0.1, 0.15) is 31.0 Å². The quantitative estimate of drug-likeness (QED) is 0.665. The van der Waals surface area contributed by atoms with E-state index in [0.29, 0.717) is 23.8 Å². The molecule has 0 amide bonds. The Labute approximate surface area is 151 Å². The van der Waals surface area contributed by atoms with Crippen LogP contribution in [0.2, 0.25) is 0 Å². The molecule has 0 unspecified atom stereocenters. The molecular formula is C21H22FNO3. The lowest BCUT2D eigenvalue weighted by Crippen LogP contribution is -2.26. The van der Waals surface area contributed by atoms with Crippen molar-refractivity contribution in [3.8, 4) is 5.75 Å². The molecule has 3 rings (SSSR count). The van der Waals surface area contributed by atoms with Crippen LogP contribution in [0, 0.1) is 11.7 Å². The fourth-order valence-electron chi connectivity index (χ4n) is 3.11. The Hall–Kier alpha value is -2.66. The number of ether oxygens (including phenoxy) is 1. The molecule has 1 aromatic heterocycles. The van der Waals surface area contributed by atoms with E-state index in [1.165, 1.54) is 18.2 Å². The number of methoxy groups -OCH3 is 1. The molecule has 1 N–H and O–H groups in total. The standard InChI is InChI=1S/C21H22FNO3/c1-13(2)21(14-4-6-16(22)7-5-14)23-12-15-10-20(24)26-19-11-17(25-3)8-9-18(15)19/h4-11,13,21,23H,12H2,1-3H3/t21-/m0/s1. The predicted octanol–water partition coefficient (Wildman–Crippen LogP) is 4.43. The topological polar surface area (TPSA) is 51.5 Å². The third kappa shape index (κ3) is 3.94. The Morgan fingerprint density at radius 2 is 1.85 bits per heavy atom. The van der Waals surface area contributed by atoms with Gasteiger partial charge in [0.05, 0.1) is 7.11 Å². The minimum Gasteiger partial charge on any atom is -0.497 e. The highest BCUT2D eigenvalue weighted by Gasteiger charge is 2.16. The smallest absolute Gasteiger partial charge is 0.336 e. The summed E-state index contributed by atoms with van der Waals surface area (Å²) in [5.41, 5.74) is 1.96. The first-order valence-corrected chi connectivity index (χ1v) is 8.57. The Morgan fingerprint density at radius 3 is 2.50 bits per heavy atom. The fourth-order valence-corrected chi connectivity index (χ4v) is 3.11. The van der Waals surface area contributed by atoms with Crippen LogP contribution in [0.25, 0.3) is 11.0 Å². The van der Waals surface area contributed by atoms with Crippen LogP contribution in [0.3, 0.4) is 0 Å². The summed E-state index contributed by atoms with van der Waals surface area (Å²) < 4.78 is 23.7. The highest BCUT2D eigenvalue weighted by molar-refractivity contribution is 5.81. The molecule has 0 bridgehead atoms. The number of rotatable bonds is 6. The molecule has 136 valence electrons. The first kappa shape index (κ1) is 18.1. The Kier molecular flexibility index (Phi) is 5.38. The first-order chi connectivity index (χ1) is 12.5. The van der Waals surface area contributed by atoms with Crippen LogP contribution >= 0.6 is 0 Å². The van der Waals surface area contributed by atoms with Crippen LogP contribution < -0.4 is 15.7 Å². The maximum Gasteiger partial charge on any atom is 0.336 e. The molecule has 0 saturated carbocycles. The molecule has 0 radical (unpaired) electrons. The maximum absolute atomic E-state index is 13.2. The zero-order valence-corrected chi connectivity index (χ0v) is 15.1. The van der Waals surface area contributed by atoms with Gasteiger partial charge >= 0.3 is 5.63 Å². The molecule has 0 spiro atoms. The van der Waals surface area contributed by atoms with Crippen molar-refractivity contribution >= 4 is 11.0 Å². The molecule has 0 aliphatic rings. The molecule has 26 heavy (non-hydrogen) atoms. The number of benzene rings is 2. The average Bonchev–Trinajstić information content (AvgIpc) is 2.62. The number of hydrogen-bond donors (Lipinski definition) is 1. The second-order valence-corrected chi connectivity index (χ2v) is 6.61. The van der Waals surface area contributed by atoms with E-state index in [2.05, 4.69) is 19.2 Å². The highest BCUT2D eigenvalue weighted by atomic mass is 19.1. The summed E-state index contributed by atoms with van der Waals surface area (Å²) in [6, 6.07) is 13.5. The largest absolute Gasteiger partial charge is 0.497 e. The zero-order valence-electron chi connectivity index (χ0n) is 15.1. The van der Waals surface area contributed by atoms with Gasteiger partial charge in [-0.3, -0.25) is 0 Å². The van der Waals surface area contributed by atoms with E-state index in [0.717, 1.165) is 16.5 Å². The number of halogens is 1. The predicted molar refractivity (Wildman–Crippen MR) is 99.9 cm³/mol. The summed E-state index contributed by atoms with van der Waals surface area (Å²) in [6.45, 7) is 4.70. The minimum atomic E-state index is -0.398. The molecule has 2 aromatic carbocycles. The van der Waals surface area contributed by atoms with Crippen LogP contribution in [-0.2, 0) is 6.54 Å². The molecule has 4 nitrogen and oxygen atoms in total. The lowest BCUT2D eigenvalue weighted by atomic mass is 9.95. The Morgan fingerprint density at radius 1 is 1.12 bits per heavy atom. The lowest BCUT2D eigenvalue weighted by molar-refractivity contribution is 0.409. The third-order valence-corrected chi connectivity index (χ3v) is 4.45. The van der Waals surface area contributed by atoms with Gasteiger partial charge < -0.3 is 14.5 Å². The van der Waals surface area contributed by atoms with Crippen molar-refractivity contribution in [2.45, 2.75) is 26.4 Å². The van der Waals surface area contributed by atoms with E-state index in [4.69, 9.17) is 9.15 Å². The van der Waals surface area contributed by atoms with Crippen molar-refractivity contribution in [3.05, 3.63) is 75.9 Å². The van der Waals surface area contributed by atoms with Gasteiger partial charge in [-0.15, -0.1) is 0 Å². The van der Waals surface area contributed by atoms with E-state index >= 15 is 0 Å². The van der Waals surface area contributed by atoms with E-state index in [1.807, 2.05) is 12.1 Å². The molecule has 0 aliphatic heterocycles. The number of fused-ring (bicyclic) bond motifs is 1. The Bertz CT molecular complexity index is 948. The van der Waals surface area contributed by atoms with Gasteiger partial charge in [-0.25, -0.2) is 9.18 Å². The van der Waals surface area contributed by atoms with Crippen molar-refractivity contribution in [2.24, 2.45) is 5.92 Å². The summed E-state index contributed by atoms with van der Waals surface area (Å²) in [7, 11) is 1.57. The number of hydrogen-bond acceptors (Lipinski definition) is 4. The molecule has 0 aliphatic carbocycles. The second kappa shape index (κ2) is 7.70. The molecule has 1 heterocycles.